The van der Waals surface area contributed by atoms with E-state index in [9.17, 15) is 18.4 Å². The molecule has 0 radical (unpaired) electrons. The molecule has 0 aliphatic heterocycles. The fraction of sp³-hybridized carbons (Fsp3) is 0.158. The summed E-state index contributed by atoms with van der Waals surface area (Å²) in [4.78, 5) is 27.5. The molecule has 1 atom stereocenters. The van der Waals surface area contributed by atoms with Crippen LogP contribution in [0, 0.1) is 0 Å². The second-order valence-corrected chi connectivity index (χ2v) is 5.58. The number of aromatic amines is 1. The standard InChI is InChI=1S/C19H15F2NO4/c1-11(17(23)12-6-8-14(9-7-12)26-19(20)21)25-18(24)16-10-13-4-2-3-5-15(13)22-16/h2-11,19,22H,1H3/t11-/m1/s1. The van der Waals surface area contributed by atoms with E-state index in [-0.39, 0.29) is 17.0 Å². The predicted molar refractivity (Wildman–Crippen MR) is 90.6 cm³/mol. The second-order valence-electron chi connectivity index (χ2n) is 5.58. The smallest absolute Gasteiger partial charge is 0.387 e. The summed E-state index contributed by atoms with van der Waals surface area (Å²) in [5.41, 5.74) is 1.25. The Kier molecular flexibility index (Phi) is 4.97. The zero-order valence-corrected chi connectivity index (χ0v) is 13.7. The second kappa shape index (κ2) is 7.35. The van der Waals surface area contributed by atoms with Crippen molar-refractivity contribution in [2.24, 2.45) is 0 Å². The van der Waals surface area contributed by atoms with Gasteiger partial charge in [0.1, 0.15) is 11.4 Å². The summed E-state index contributed by atoms with van der Waals surface area (Å²) in [5, 5.41) is 0.855. The van der Waals surface area contributed by atoms with Crippen LogP contribution >= 0.6 is 0 Å². The maximum absolute atomic E-state index is 12.3. The van der Waals surface area contributed by atoms with Gasteiger partial charge >= 0.3 is 12.6 Å². The number of hydrogen-bond donors (Lipinski definition) is 1. The summed E-state index contributed by atoms with van der Waals surface area (Å²) in [6.45, 7) is -1.49. The monoisotopic (exact) mass is 359 g/mol. The third-order valence-electron chi connectivity index (χ3n) is 3.77. The molecular weight excluding hydrogens is 344 g/mol. The van der Waals surface area contributed by atoms with Crippen LogP contribution in [0.5, 0.6) is 5.75 Å². The Morgan fingerprint density at radius 3 is 2.38 bits per heavy atom. The first-order valence-electron chi connectivity index (χ1n) is 7.82. The van der Waals surface area contributed by atoms with Crippen molar-refractivity contribution in [2.75, 3.05) is 0 Å². The Bertz CT molecular complexity index is 901. The summed E-state index contributed by atoms with van der Waals surface area (Å²) in [7, 11) is 0. The maximum Gasteiger partial charge on any atom is 0.387 e. The number of esters is 1. The number of carbonyl (C=O) groups excluding carboxylic acids is 2. The van der Waals surface area contributed by atoms with Gasteiger partial charge in [-0.05, 0) is 43.3 Å². The highest BCUT2D eigenvalue weighted by Crippen LogP contribution is 2.18. The van der Waals surface area contributed by atoms with Gasteiger partial charge in [0.2, 0.25) is 5.78 Å². The summed E-state index contributed by atoms with van der Waals surface area (Å²) in [6.07, 6.45) is -1.03. The Balaban J connectivity index is 1.67. The van der Waals surface area contributed by atoms with Gasteiger partial charge in [-0.2, -0.15) is 8.78 Å². The van der Waals surface area contributed by atoms with E-state index >= 15 is 0 Å². The van der Waals surface area contributed by atoms with Crippen LogP contribution in [-0.2, 0) is 4.74 Å². The molecule has 134 valence electrons. The molecule has 1 heterocycles. The molecular formula is C19H15F2NO4. The van der Waals surface area contributed by atoms with Crippen LogP contribution in [0.4, 0.5) is 8.78 Å². The minimum Gasteiger partial charge on any atom is -0.450 e. The molecule has 0 unspecified atom stereocenters. The fourth-order valence-electron chi connectivity index (χ4n) is 2.50. The van der Waals surface area contributed by atoms with Crippen molar-refractivity contribution in [1.29, 1.82) is 0 Å². The van der Waals surface area contributed by atoms with E-state index in [2.05, 4.69) is 9.72 Å². The molecule has 0 saturated heterocycles. The first kappa shape index (κ1) is 17.6. The third kappa shape index (κ3) is 3.88. The number of ether oxygens (including phenoxy) is 2. The SMILES string of the molecule is C[C@@H](OC(=O)c1cc2ccccc2[nH]1)C(=O)c1ccc(OC(F)F)cc1. The van der Waals surface area contributed by atoms with Gasteiger partial charge in [-0.1, -0.05) is 18.2 Å². The Morgan fingerprint density at radius 2 is 1.73 bits per heavy atom. The van der Waals surface area contributed by atoms with Gasteiger partial charge in [0.05, 0.1) is 0 Å². The van der Waals surface area contributed by atoms with E-state index in [0.29, 0.717) is 0 Å². The molecule has 3 aromatic rings. The summed E-state index contributed by atoms with van der Waals surface area (Å²) in [5.74, 6) is -1.16. The molecule has 3 rings (SSSR count). The first-order chi connectivity index (χ1) is 12.4. The number of para-hydroxylation sites is 1. The van der Waals surface area contributed by atoms with Gasteiger partial charge < -0.3 is 14.5 Å². The van der Waals surface area contributed by atoms with Crippen molar-refractivity contribution in [3.63, 3.8) is 0 Å². The van der Waals surface area contributed by atoms with E-state index in [4.69, 9.17) is 4.74 Å². The molecule has 2 aromatic carbocycles. The molecule has 7 heteroatoms. The lowest BCUT2D eigenvalue weighted by atomic mass is 10.1. The maximum atomic E-state index is 12.3. The minimum absolute atomic E-state index is 0.0562. The molecule has 0 spiro atoms. The molecule has 26 heavy (non-hydrogen) atoms. The summed E-state index contributed by atoms with van der Waals surface area (Å²) >= 11 is 0. The van der Waals surface area contributed by atoms with Crippen molar-refractivity contribution in [3.8, 4) is 5.75 Å². The normalized spacial score (nSPS) is 12.2. The van der Waals surface area contributed by atoms with Crippen LogP contribution < -0.4 is 4.74 Å². The number of carbonyl (C=O) groups is 2. The van der Waals surface area contributed by atoms with Gasteiger partial charge in [-0.15, -0.1) is 0 Å². The van der Waals surface area contributed by atoms with Gasteiger partial charge in [-0.25, -0.2) is 4.79 Å². The zero-order chi connectivity index (χ0) is 18.7. The zero-order valence-electron chi connectivity index (χ0n) is 13.7. The van der Waals surface area contributed by atoms with Crippen LogP contribution in [0.2, 0.25) is 0 Å². The Morgan fingerprint density at radius 1 is 1.04 bits per heavy atom. The van der Waals surface area contributed by atoms with Crippen LogP contribution in [0.1, 0.15) is 27.8 Å². The summed E-state index contributed by atoms with van der Waals surface area (Å²) in [6, 6.07) is 14.2. The molecule has 0 fully saturated rings. The predicted octanol–water partition coefficient (Wildman–Crippen LogP) is 4.20. The number of benzene rings is 2. The van der Waals surface area contributed by atoms with Crippen molar-refractivity contribution < 1.29 is 27.8 Å². The van der Waals surface area contributed by atoms with E-state index in [1.807, 2.05) is 24.3 Å². The topological polar surface area (TPSA) is 68.4 Å². The van der Waals surface area contributed by atoms with Crippen molar-refractivity contribution in [3.05, 3.63) is 65.9 Å². The van der Waals surface area contributed by atoms with Crippen molar-refractivity contribution in [1.82, 2.24) is 4.98 Å². The van der Waals surface area contributed by atoms with Crippen LogP contribution in [0.25, 0.3) is 10.9 Å². The van der Waals surface area contributed by atoms with E-state index in [0.717, 1.165) is 10.9 Å². The number of hydrogen-bond acceptors (Lipinski definition) is 4. The number of rotatable bonds is 6. The quantitative estimate of drug-likeness (QED) is 0.529. The molecule has 0 aliphatic rings. The first-order valence-corrected chi connectivity index (χ1v) is 7.82. The number of fused-ring (bicyclic) bond motifs is 1. The number of halogens is 2. The van der Waals surface area contributed by atoms with Crippen LogP contribution in [-0.4, -0.2) is 29.5 Å². The van der Waals surface area contributed by atoms with Gasteiger partial charge in [-0.3, -0.25) is 4.79 Å². The summed E-state index contributed by atoms with van der Waals surface area (Å²) < 4.78 is 33.7. The lowest BCUT2D eigenvalue weighted by molar-refractivity contribution is -0.0498. The highest BCUT2D eigenvalue weighted by Gasteiger charge is 2.21. The highest BCUT2D eigenvalue weighted by atomic mass is 19.3. The molecule has 0 aliphatic carbocycles. The van der Waals surface area contributed by atoms with Crippen LogP contribution in [0.15, 0.2) is 54.6 Å². The molecule has 1 N–H and O–H groups in total. The third-order valence-corrected chi connectivity index (χ3v) is 3.77. The van der Waals surface area contributed by atoms with Crippen LogP contribution in [0.3, 0.4) is 0 Å². The largest absolute Gasteiger partial charge is 0.450 e. The Hall–Kier alpha value is -3.22. The number of alkyl halides is 2. The number of Topliss-reactive ketones (excluding diaryl/α,β-unsaturated/α-hetero) is 1. The number of H-pyrrole nitrogens is 1. The number of ketones is 1. The van der Waals surface area contributed by atoms with E-state index in [1.54, 1.807) is 6.07 Å². The average Bonchev–Trinajstić information content (AvgIpc) is 3.05. The average molecular weight is 359 g/mol. The minimum atomic E-state index is -2.94. The van der Waals surface area contributed by atoms with Gasteiger partial charge in [0.25, 0.3) is 0 Å². The molecule has 0 amide bonds. The van der Waals surface area contributed by atoms with Crippen molar-refractivity contribution >= 4 is 22.7 Å². The lowest BCUT2D eigenvalue weighted by Gasteiger charge is -2.12. The lowest BCUT2D eigenvalue weighted by Crippen LogP contribution is -2.24. The molecule has 1 aromatic heterocycles. The number of nitrogens with one attached hydrogen (secondary N) is 1. The van der Waals surface area contributed by atoms with E-state index < -0.39 is 24.5 Å². The Labute approximate surface area is 147 Å². The fourth-order valence-corrected chi connectivity index (χ4v) is 2.50. The molecule has 0 bridgehead atoms. The number of aromatic nitrogens is 1. The van der Waals surface area contributed by atoms with Gasteiger partial charge in [0.15, 0.2) is 6.10 Å². The highest BCUT2D eigenvalue weighted by molar-refractivity contribution is 6.02. The van der Waals surface area contributed by atoms with Crippen molar-refractivity contribution in [2.45, 2.75) is 19.6 Å². The molecule has 5 nitrogen and oxygen atoms in total. The van der Waals surface area contributed by atoms with E-state index in [1.165, 1.54) is 31.2 Å². The molecule has 0 saturated carbocycles. The van der Waals surface area contributed by atoms with Gasteiger partial charge in [0, 0.05) is 16.5 Å².